The molecule has 1 unspecified atom stereocenters. The summed E-state index contributed by atoms with van der Waals surface area (Å²) < 4.78 is 10.8. The third-order valence-electron chi connectivity index (χ3n) is 4.35. The fourth-order valence-electron chi connectivity index (χ4n) is 2.57. The van der Waals surface area contributed by atoms with E-state index in [2.05, 4.69) is 26.0 Å². The highest BCUT2D eigenvalue weighted by molar-refractivity contribution is 5.70. The van der Waals surface area contributed by atoms with Crippen molar-refractivity contribution in [1.29, 1.82) is 0 Å². The van der Waals surface area contributed by atoms with Gasteiger partial charge in [-0.25, -0.2) is 0 Å². The van der Waals surface area contributed by atoms with E-state index in [1.54, 1.807) is 0 Å². The number of hydrogen-bond donors (Lipinski definition) is 0. The molecular weight excluding hydrogens is 252 g/mol. The van der Waals surface area contributed by atoms with E-state index in [9.17, 15) is 4.79 Å². The van der Waals surface area contributed by atoms with Gasteiger partial charge in [-0.15, -0.1) is 0 Å². The molecule has 3 heteroatoms. The van der Waals surface area contributed by atoms with Crippen molar-refractivity contribution in [3.8, 4) is 5.75 Å². The van der Waals surface area contributed by atoms with Crippen LogP contribution in [-0.2, 0) is 9.53 Å². The molecule has 0 bridgehead atoms. The first-order chi connectivity index (χ1) is 9.58. The van der Waals surface area contributed by atoms with Crippen molar-refractivity contribution in [1.82, 2.24) is 0 Å². The van der Waals surface area contributed by atoms with Crippen molar-refractivity contribution in [2.45, 2.75) is 57.5 Å². The summed E-state index contributed by atoms with van der Waals surface area (Å²) in [7, 11) is 1.43. The van der Waals surface area contributed by atoms with Gasteiger partial charge in [-0.1, -0.05) is 26.0 Å². The lowest BCUT2D eigenvalue weighted by molar-refractivity contribution is -0.148. The van der Waals surface area contributed by atoms with Gasteiger partial charge >= 0.3 is 5.97 Å². The lowest BCUT2D eigenvalue weighted by Crippen LogP contribution is -2.45. The molecule has 0 spiro atoms. The predicted molar refractivity (Wildman–Crippen MR) is 79.0 cm³/mol. The standard InChI is InChI=1S/C17H24O3/c1-4-13(2)14-6-8-15(9-7-14)20-17(10-5-11-17)12-16(18)19-3/h6-9,13H,4-5,10-12H2,1-3H3. The highest BCUT2D eigenvalue weighted by Crippen LogP contribution is 2.39. The van der Waals surface area contributed by atoms with Crippen LogP contribution in [-0.4, -0.2) is 18.7 Å². The number of esters is 1. The van der Waals surface area contributed by atoms with Gasteiger partial charge in [0.1, 0.15) is 11.4 Å². The monoisotopic (exact) mass is 276 g/mol. The van der Waals surface area contributed by atoms with Crippen molar-refractivity contribution >= 4 is 5.97 Å². The summed E-state index contributed by atoms with van der Waals surface area (Å²) in [6, 6.07) is 8.26. The van der Waals surface area contributed by atoms with E-state index in [-0.39, 0.29) is 11.6 Å². The minimum Gasteiger partial charge on any atom is -0.487 e. The molecule has 0 N–H and O–H groups in total. The largest absolute Gasteiger partial charge is 0.487 e. The Morgan fingerprint density at radius 1 is 1.30 bits per heavy atom. The quantitative estimate of drug-likeness (QED) is 0.735. The van der Waals surface area contributed by atoms with Crippen LogP contribution in [0.25, 0.3) is 0 Å². The third-order valence-corrected chi connectivity index (χ3v) is 4.35. The van der Waals surface area contributed by atoms with Crippen LogP contribution in [0.15, 0.2) is 24.3 Å². The van der Waals surface area contributed by atoms with Crippen molar-refractivity contribution < 1.29 is 14.3 Å². The first kappa shape index (κ1) is 14.9. The van der Waals surface area contributed by atoms with E-state index >= 15 is 0 Å². The van der Waals surface area contributed by atoms with Crippen LogP contribution in [0.1, 0.15) is 57.4 Å². The number of ether oxygens (including phenoxy) is 2. The summed E-state index contributed by atoms with van der Waals surface area (Å²) >= 11 is 0. The van der Waals surface area contributed by atoms with Crippen molar-refractivity contribution in [3.63, 3.8) is 0 Å². The zero-order valence-corrected chi connectivity index (χ0v) is 12.6. The van der Waals surface area contributed by atoms with Gasteiger partial charge in [-0.05, 0) is 49.3 Å². The highest BCUT2D eigenvalue weighted by Gasteiger charge is 2.41. The summed E-state index contributed by atoms with van der Waals surface area (Å²) in [5.41, 5.74) is 0.987. The van der Waals surface area contributed by atoms with E-state index in [4.69, 9.17) is 9.47 Å². The molecule has 1 aliphatic rings. The van der Waals surface area contributed by atoms with Crippen molar-refractivity contribution in [2.24, 2.45) is 0 Å². The topological polar surface area (TPSA) is 35.5 Å². The van der Waals surface area contributed by atoms with Crippen LogP contribution >= 0.6 is 0 Å². The molecule has 110 valence electrons. The lowest BCUT2D eigenvalue weighted by atomic mass is 9.77. The Morgan fingerprint density at radius 3 is 2.40 bits per heavy atom. The molecule has 0 aromatic heterocycles. The Bertz CT molecular complexity index is 446. The van der Waals surface area contributed by atoms with E-state index in [0.717, 1.165) is 31.4 Å². The summed E-state index contributed by atoms with van der Waals surface area (Å²) in [5, 5.41) is 0. The number of carbonyl (C=O) groups excluding carboxylic acids is 1. The molecule has 1 atom stereocenters. The van der Waals surface area contributed by atoms with Gasteiger partial charge in [0.05, 0.1) is 13.5 Å². The molecule has 0 amide bonds. The van der Waals surface area contributed by atoms with Gasteiger partial charge < -0.3 is 9.47 Å². The van der Waals surface area contributed by atoms with Crippen molar-refractivity contribution in [2.75, 3.05) is 7.11 Å². The SMILES string of the molecule is CCC(C)c1ccc(OC2(CC(=O)OC)CCC2)cc1. The van der Waals surface area contributed by atoms with Crippen LogP contribution in [0.4, 0.5) is 0 Å². The molecule has 1 aliphatic carbocycles. The van der Waals surface area contributed by atoms with Crippen LogP contribution in [0.2, 0.25) is 0 Å². The van der Waals surface area contributed by atoms with Crippen LogP contribution < -0.4 is 4.74 Å². The van der Waals surface area contributed by atoms with Gasteiger partial charge in [0.2, 0.25) is 0 Å². The molecule has 0 saturated heterocycles. The maximum Gasteiger partial charge on any atom is 0.309 e. The molecule has 1 fully saturated rings. The molecule has 0 aliphatic heterocycles. The lowest BCUT2D eigenvalue weighted by Gasteiger charge is -2.41. The molecule has 2 rings (SSSR count). The molecular formula is C17H24O3. The summed E-state index contributed by atoms with van der Waals surface area (Å²) in [5.74, 6) is 1.22. The van der Waals surface area contributed by atoms with E-state index in [1.165, 1.54) is 12.7 Å². The van der Waals surface area contributed by atoms with Gasteiger partial charge in [0.15, 0.2) is 0 Å². The molecule has 1 aromatic carbocycles. The van der Waals surface area contributed by atoms with Crippen molar-refractivity contribution in [3.05, 3.63) is 29.8 Å². The highest BCUT2D eigenvalue weighted by atomic mass is 16.5. The van der Waals surface area contributed by atoms with E-state index < -0.39 is 0 Å². The first-order valence-corrected chi connectivity index (χ1v) is 7.44. The maximum atomic E-state index is 11.5. The zero-order valence-electron chi connectivity index (χ0n) is 12.6. The Labute approximate surface area is 121 Å². The van der Waals surface area contributed by atoms with Gasteiger partial charge in [-0.3, -0.25) is 4.79 Å². The number of hydrogen-bond acceptors (Lipinski definition) is 3. The number of methoxy groups -OCH3 is 1. The summed E-state index contributed by atoms with van der Waals surface area (Å²) in [6.07, 6.45) is 4.44. The molecule has 1 saturated carbocycles. The molecule has 0 radical (unpaired) electrons. The van der Waals surface area contributed by atoms with Gasteiger partial charge in [0.25, 0.3) is 0 Å². The van der Waals surface area contributed by atoms with Crippen LogP contribution in [0.5, 0.6) is 5.75 Å². The van der Waals surface area contributed by atoms with Crippen LogP contribution in [0, 0.1) is 0 Å². The number of carbonyl (C=O) groups is 1. The molecule has 0 heterocycles. The normalized spacial score (nSPS) is 17.9. The average Bonchev–Trinajstić information content (AvgIpc) is 2.44. The van der Waals surface area contributed by atoms with Gasteiger partial charge in [-0.2, -0.15) is 0 Å². The first-order valence-electron chi connectivity index (χ1n) is 7.44. The molecule has 20 heavy (non-hydrogen) atoms. The fourth-order valence-corrected chi connectivity index (χ4v) is 2.57. The van der Waals surface area contributed by atoms with Gasteiger partial charge in [0, 0.05) is 0 Å². The second-order valence-corrected chi connectivity index (χ2v) is 5.77. The minimum absolute atomic E-state index is 0.194. The summed E-state index contributed by atoms with van der Waals surface area (Å²) in [6.45, 7) is 4.41. The predicted octanol–water partition coefficient (Wildman–Crippen LogP) is 4.06. The smallest absolute Gasteiger partial charge is 0.309 e. The molecule has 3 nitrogen and oxygen atoms in total. The Balaban J connectivity index is 2.03. The minimum atomic E-state index is -0.342. The number of benzene rings is 1. The summed E-state index contributed by atoms with van der Waals surface area (Å²) in [4.78, 5) is 11.5. The third kappa shape index (κ3) is 3.33. The zero-order chi connectivity index (χ0) is 14.6. The Kier molecular flexibility index (Phi) is 4.69. The Morgan fingerprint density at radius 2 is 1.95 bits per heavy atom. The Hall–Kier alpha value is -1.51. The number of rotatable bonds is 6. The van der Waals surface area contributed by atoms with Crippen LogP contribution in [0.3, 0.4) is 0 Å². The van der Waals surface area contributed by atoms with E-state index in [0.29, 0.717) is 12.3 Å². The second kappa shape index (κ2) is 6.29. The van der Waals surface area contributed by atoms with E-state index in [1.807, 2.05) is 12.1 Å². The second-order valence-electron chi connectivity index (χ2n) is 5.77. The fraction of sp³-hybridized carbons (Fsp3) is 0.588. The average molecular weight is 276 g/mol. The molecule has 1 aromatic rings. The maximum absolute atomic E-state index is 11.5.